The molecule has 0 aromatic carbocycles. The Labute approximate surface area is 100 Å². The Morgan fingerprint density at radius 1 is 1.41 bits per heavy atom. The lowest BCUT2D eigenvalue weighted by atomic mass is 10.1. The standard InChI is InChI=1S/C12H18N2O3/c13-10-2-1-9(6-10)12(17)14-4-3-8(7-14)5-11(15)16/h1-2,8-10H,3-7,13H2,(H,15,16). The zero-order valence-corrected chi connectivity index (χ0v) is 9.71. The van der Waals surface area contributed by atoms with Gasteiger partial charge in [-0.1, -0.05) is 12.2 Å². The summed E-state index contributed by atoms with van der Waals surface area (Å²) in [6.07, 6.45) is 5.37. The fourth-order valence-corrected chi connectivity index (χ4v) is 2.59. The van der Waals surface area contributed by atoms with Gasteiger partial charge in [-0.15, -0.1) is 0 Å². The molecule has 1 fully saturated rings. The van der Waals surface area contributed by atoms with E-state index in [9.17, 15) is 9.59 Å². The van der Waals surface area contributed by atoms with Crippen molar-refractivity contribution in [2.24, 2.45) is 17.6 Å². The molecule has 5 nitrogen and oxygen atoms in total. The summed E-state index contributed by atoms with van der Waals surface area (Å²) in [4.78, 5) is 24.5. The van der Waals surface area contributed by atoms with E-state index >= 15 is 0 Å². The molecule has 2 rings (SSSR count). The molecule has 0 spiro atoms. The van der Waals surface area contributed by atoms with Gasteiger partial charge in [0.15, 0.2) is 0 Å². The summed E-state index contributed by atoms with van der Waals surface area (Å²) in [5.41, 5.74) is 5.72. The average Bonchev–Trinajstić information content (AvgIpc) is 2.85. The minimum absolute atomic E-state index is 0.0126. The molecule has 3 unspecified atom stereocenters. The summed E-state index contributed by atoms with van der Waals surface area (Å²) >= 11 is 0. The molecule has 0 aromatic rings. The van der Waals surface area contributed by atoms with E-state index in [2.05, 4.69) is 0 Å². The molecular weight excluding hydrogens is 220 g/mol. The van der Waals surface area contributed by atoms with Gasteiger partial charge in [0.05, 0.1) is 5.92 Å². The van der Waals surface area contributed by atoms with Gasteiger partial charge in [0.25, 0.3) is 0 Å². The molecule has 1 saturated heterocycles. The predicted molar refractivity (Wildman–Crippen MR) is 62.2 cm³/mol. The van der Waals surface area contributed by atoms with Crippen LogP contribution in [0.5, 0.6) is 0 Å². The quantitative estimate of drug-likeness (QED) is 0.689. The van der Waals surface area contributed by atoms with Crippen molar-refractivity contribution in [3.8, 4) is 0 Å². The van der Waals surface area contributed by atoms with E-state index in [1.54, 1.807) is 4.90 Å². The van der Waals surface area contributed by atoms with Crippen LogP contribution in [0.25, 0.3) is 0 Å². The van der Waals surface area contributed by atoms with Crippen molar-refractivity contribution in [2.45, 2.75) is 25.3 Å². The maximum Gasteiger partial charge on any atom is 0.303 e. The van der Waals surface area contributed by atoms with Gasteiger partial charge in [0.1, 0.15) is 0 Å². The largest absolute Gasteiger partial charge is 0.481 e. The Kier molecular flexibility index (Phi) is 3.47. The Bertz CT molecular complexity index is 354. The van der Waals surface area contributed by atoms with E-state index < -0.39 is 5.97 Å². The summed E-state index contributed by atoms with van der Waals surface area (Å²) in [7, 11) is 0. The third-order valence-electron chi connectivity index (χ3n) is 3.49. The second-order valence-corrected chi connectivity index (χ2v) is 4.93. The Balaban J connectivity index is 1.86. The monoisotopic (exact) mass is 238 g/mol. The van der Waals surface area contributed by atoms with Crippen LogP contribution in [-0.2, 0) is 9.59 Å². The highest BCUT2D eigenvalue weighted by molar-refractivity contribution is 5.81. The average molecular weight is 238 g/mol. The van der Waals surface area contributed by atoms with Gasteiger partial charge in [0, 0.05) is 25.6 Å². The van der Waals surface area contributed by atoms with Gasteiger partial charge >= 0.3 is 5.97 Å². The van der Waals surface area contributed by atoms with Crippen LogP contribution in [0.4, 0.5) is 0 Å². The molecule has 0 saturated carbocycles. The number of amides is 1. The van der Waals surface area contributed by atoms with E-state index in [-0.39, 0.29) is 30.2 Å². The van der Waals surface area contributed by atoms with Crippen molar-refractivity contribution in [2.75, 3.05) is 13.1 Å². The van der Waals surface area contributed by atoms with Crippen molar-refractivity contribution in [3.63, 3.8) is 0 Å². The number of nitrogens with zero attached hydrogens (tertiary/aromatic N) is 1. The first-order valence-corrected chi connectivity index (χ1v) is 6.00. The summed E-state index contributed by atoms with van der Waals surface area (Å²) in [5, 5.41) is 8.71. The van der Waals surface area contributed by atoms with E-state index in [0.717, 1.165) is 6.42 Å². The van der Waals surface area contributed by atoms with E-state index in [1.165, 1.54) is 0 Å². The minimum Gasteiger partial charge on any atom is -0.481 e. The molecule has 1 amide bonds. The van der Waals surface area contributed by atoms with Crippen LogP contribution in [0.3, 0.4) is 0 Å². The number of carboxylic acid groups (broad SMARTS) is 1. The van der Waals surface area contributed by atoms with Gasteiger partial charge in [0.2, 0.25) is 5.91 Å². The lowest BCUT2D eigenvalue weighted by Gasteiger charge is -2.20. The molecule has 17 heavy (non-hydrogen) atoms. The van der Waals surface area contributed by atoms with E-state index in [1.807, 2.05) is 12.2 Å². The van der Waals surface area contributed by atoms with Crippen LogP contribution in [0.2, 0.25) is 0 Å². The molecule has 5 heteroatoms. The molecule has 0 bridgehead atoms. The van der Waals surface area contributed by atoms with Crippen molar-refractivity contribution in [1.29, 1.82) is 0 Å². The van der Waals surface area contributed by atoms with Gasteiger partial charge in [-0.25, -0.2) is 0 Å². The molecule has 0 aromatic heterocycles. The molecule has 0 radical (unpaired) electrons. The number of hydrogen-bond acceptors (Lipinski definition) is 3. The van der Waals surface area contributed by atoms with Crippen molar-refractivity contribution >= 4 is 11.9 Å². The lowest BCUT2D eigenvalue weighted by molar-refractivity contribution is -0.138. The predicted octanol–water partition coefficient (Wildman–Crippen LogP) is 0.213. The molecule has 3 N–H and O–H groups in total. The van der Waals surface area contributed by atoms with Crippen LogP contribution in [-0.4, -0.2) is 41.0 Å². The molecule has 94 valence electrons. The highest BCUT2D eigenvalue weighted by Gasteiger charge is 2.32. The maximum absolute atomic E-state index is 12.1. The second-order valence-electron chi connectivity index (χ2n) is 4.93. The Morgan fingerprint density at radius 3 is 2.76 bits per heavy atom. The zero-order valence-electron chi connectivity index (χ0n) is 9.71. The molecule has 3 atom stereocenters. The SMILES string of the molecule is NC1C=CC(C(=O)N2CCC(CC(=O)O)C2)C1. The maximum atomic E-state index is 12.1. The van der Waals surface area contributed by atoms with Gasteiger partial charge in [-0.2, -0.15) is 0 Å². The third kappa shape index (κ3) is 2.85. The minimum atomic E-state index is -0.785. The normalized spacial score (nSPS) is 32.1. The number of aliphatic carboxylic acids is 1. The second kappa shape index (κ2) is 4.87. The first-order valence-electron chi connectivity index (χ1n) is 6.00. The molecule has 2 aliphatic rings. The number of carbonyl (C=O) groups is 2. The number of nitrogens with two attached hydrogens (primary N) is 1. The number of carbonyl (C=O) groups excluding carboxylic acids is 1. The number of likely N-dealkylation sites (tertiary alicyclic amines) is 1. The van der Waals surface area contributed by atoms with Crippen LogP contribution < -0.4 is 5.73 Å². The van der Waals surface area contributed by atoms with E-state index in [4.69, 9.17) is 10.8 Å². The molecule has 1 heterocycles. The van der Waals surface area contributed by atoms with Gasteiger partial charge in [-0.3, -0.25) is 9.59 Å². The number of rotatable bonds is 3. The van der Waals surface area contributed by atoms with Crippen molar-refractivity contribution in [3.05, 3.63) is 12.2 Å². The topological polar surface area (TPSA) is 83.6 Å². The number of hydrogen-bond donors (Lipinski definition) is 2. The van der Waals surface area contributed by atoms with Gasteiger partial charge < -0.3 is 15.7 Å². The van der Waals surface area contributed by atoms with Crippen LogP contribution in [0.1, 0.15) is 19.3 Å². The Hall–Kier alpha value is -1.36. The third-order valence-corrected chi connectivity index (χ3v) is 3.49. The molecule has 1 aliphatic carbocycles. The zero-order chi connectivity index (χ0) is 12.4. The fraction of sp³-hybridized carbons (Fsp3) is 0.667. The first kappa shape index (κ1) is 12.1. The Morgan fingerprint density at radius 2 is 2.18 bits per heavy atom. The van der Waals surface area contributed by atoms with Crippen molar-refractivity contribution < 1.29 is 14.7 Å². The smallest absolute Gasteiger partial charge is 0.303 e. The van der Waals surface area contributed by atoms with Gasteiger partial charge in [-0.05, 0) is 18.8 Å². The molecular formula is C12H18N2O3. The van der Waals surface area contributed by atoms with Crippen molar-refractivity contribution in [1.82, 2.24) is 4.90 Å². The number of carboxylic acids is 1. The fourth-order valence-electron chi connectivity index (χ4n) is 2.59. The molecule has 1 aliphatic heterocycles. The summed E-state index contributed by atoms with van der Waals surface area (Å²) in [5.74, 6) is -0.682. The van der Waals surface area contributed by atoms with Crippen LogP contribution >= 0.6 is 0 Å². The summed E-state index contributed by atoms with van der Waals surface area (Å²) in [6.45, 7) is 1.25. The lowest BCUT2D eigenvalue weighted by Crippen LogP contribution is -2.34. The van der Waals surface area contributed by atoms with Crippen LogP contribution in [0.15, 0.2) is 12.2 Å². The van der Waals surface area contributed by atoms with E-state index in [0.29, 0.717) is 19.5 Å². The highest BCUT2D eigenvalue weighted by Crippen LogP contribution is 2.25. The van der Waals surface area contributed by atoms with Crippen LogP contribution in [0, 0.1) is 11.8 Å². The highest BCUT2D eigenvalue weighted by atomic mass is 16.4. The summed E-state index contributed by atoms with van der Waals surface area (Å²) < 4.78 is 0. The first-order chi connectivity index (χ1) is 8.06. The summed E-state index contributed by atoms with van der Waals surface area (Å²) in [6, 6.07) is -0.0126.